The third-order valence-electron chi connectivity index (χ3n) is 2.75. The van der Waals surface area contributed by atoms with Crippen molar-refractivity contribution in [3.05, 3.63) is 57.7 Å². The summed E-state index contributed by atoms with van der Waals surface area (Å²) in [4.78, 5) is 0.207. The van der Waals surface area contributed by atoms with Gasteiger partial charge in [0.05, 0.1) is 10.6 Å². The van der Waals surface area contributed by atoms with E-state index in [-0.39, 0.29) is 11.5 Å². The first-order valence-corrected chi connectivity index (χ1v) is 8.56. The van der Waals surface area contributed by atoms with E-state index < -0.39 is 10.0 Å². The Kier molecular flexibility index (Phi) is 5.00. The van der Waals surface area contributed by atoms with Crippen LogP contribution in [0.2, 0.25) is 0 Å². The smallest absolute Gasteiger partial charge is 0.261 e. The van der Waals surface area contributed by atoms with Crippen molar-refractivity contribution in [1.82, 2.24) is 0 Å². The lowest BCUT2D eigenvalue weighted by Gasteiger charge is -2.10. The number of rotatable bonds is 5. The minimum Gasteiger partial charge on any atom is -0.396 e. The Morgan fingerprint density at radius 1 is 1.05 bits per heavy atom. The van der Waals surface area contributed by atoms with Gasteiger partial charge in [0.15, 0.2) is 0 Å². The molecule has 0 spiro atoms. The number of nitrogens with one attached hydrogen (secondary N) is 1. The summed E-state index contributed by atoms with van der Waals surface area (Å²) in [6.45, 7) is 0.0482. The monoisotopic (exact) mass is 403 g/mol. The lowest BCUT2D eigenvalue weighted by Crippen LogP contribution is -2.13. The summed E-state index contributed by atoms with van der Waals surface area (Å²) in [5, 5.41) is 8.84. The third-order valence-corrected chi connectivity index (χ3v) is 5.07. The van der Waals surface area contributed by atoms with Crippen LogP contribution in [0.3, 0.4) is 0 Å². The Hall–Kier alpha value is -1.12. The molecule has 0 aromatic heterocycles. The van der Waals surface area contributed by atoms with Crippen molar-refractivity contribution >= 4 is 38.3 Å². The zero-order valence-corrected chi connectivity index (χ0v) is 13.6. The molecule has 0 unspecified atom stereocenters. The first-order valence-electron chi connectivity index (χ1n) is 6.00. The number of para-hydroxylation sites is 1. The first kappa shape index (κ1) is 15.3. The van der Waals surface area contributed by atoms with Crippen LogP contribution in [0.5, 0.6) is 0 Å². The number of hydrogen-bond acceptors (Lipinski definition) is 3. The summed E-state index contributed by atoms with van der Waals surface area (Å²) in [6, 6.07) is 13.7. The van der Waals surface area contributed by atoms with E-state index in [1.54, 1.807) is 36.4 Å². The maximum absolute atomic E-state index is 12.3. The molecule has 0 fully saturated rings. The molecule has 0 atom stereocenters. The Morgan fingerprint density at radius 2 is 1.70 bits per heavy atom. The van der Waals surface area contributed by atoms with Gasteiger partial charge in [0.25, 0.3) is 10.0 Å². The van der Waals surface area contributed by atoms with Crippen LogP contribution in [-0.2, 0) is 16.4 Å². The molecule has 0 aliphatic rings. The summed E-state index contributed by atoms with van der Waals surface area (Å²) in [5.74, 6) is 0. The molecule has 2 N–H and O–H groups in total. The second-order valence-electron chi connectivity index (χ2n) is 4.20. The van der Waals surface area contributed by atoms with Gasteiger partial charge in [-0.05, 0) is 58.8 Å². The predicted octanol–water partition coefficient (Wildman–Crippen LogP) is 2.63. The molecule has 4 nitrogen and oxygen atoms in total. The van der Waals surface area contributed by atoms with Gasteiger partial charge in [-0.15, -0.1) is 0 Å². The summed E-state index contributed by atoms with van der Waals surface area (Å²) in [7, 11) is -3.58. The number of benzene rings is 2. The predicted molar refractivity (Wildman–Crippen MR) is 87.2 cm³/mol. The highest BCUT2D eigenvalue weighted by atomic mass is 127. The van der Waals surface area contributed by atoms with Crippen molar-refractivity contribution < 1.29 is 13.5 Å². The molecule has 106 valence electrons. The summed E-state index contributed by atoms with van der Waals surface area (Å²) >= 11 is 2.08. The number of aliphatic hydroxyl groups is 1. The van der Waals surface area contributed by atoms with E-state index in [9.17, 15) is 8.42 Å². The van der Waals surface area contributed by atoms with Gasteiger partial charge in [0.2, 0.25) is 0 Å². The number of hydrogen-bond donors (Lipinski definition) is 2. The van der Waals surface area contributed by atoms with Crippen molar-refractivity contribution in [3.63, 3.8) is 0 Å². The molecular formula is C14H14INO3S. The fraction of sp³-hybridized carbons (Fsp3) is 0.143. The second-order valence-corrected chi connectivity index (χ2v) is 7.05. The highest BCUT2D eigenvalue weighted by molar-refractivity contribution is 14.1. The van der Waals surface area contributed by atoms with Crippen molar-refractivity contribution in [2.45, 2.75) is 11.3 Å². The number of sulfonamides is 1. The summed E-state index contributed by atoms with van der Waals surface area (Å²) < 4.78 is 27.9. The molecule has 0 radical (unpaired) electrons. The third kappa shape index (κ3) is 3.71. The number of aliphatic hydroxyl groups excluding tert-OH is 1. The van der Waals surface area contributed by atoms with Crippen LogP contribution in [0.1, 0.15) is 5.56 Å². The lowest BCUT2D eigenvalue weighted by atomic mass is 10.2. The molecule has 20 heavy (non-hydrogen) atoms. The van der Waals surface area contributed by atoms with E-state index in [1.165, 1.54) is 0 Å². The molecule has 0 saturated heterocycles. The molecule has 0 aliphatic carbocycles. The minimum atomic E-state index is -3.58. The maximum atomic E-state index is 12.3. The summed E-state index contributed by atoms with van der Waals surface area (Å²) in [5.41, 5.74) is 1.47. The molecular weight excluding hydrogens is 389 g/mol. The van der Waals surface area contributed by atoms with E-state index >= 15 is 0 Å². The van der Waals surface area contributed by atoms with Gasteiger partial charge in [0.1, 0.15) is 0 Å². The zero-order chi connectivity index (χ0) is 14.6. The Labute approximate surface area is 132 Å². The van der Waals surface area contributed by atoms with Gasteiger partial charge < -0.3 is 5.11 Å². The van der Waals surface area contributed by atoms with Gasteiger partial charge in [-0.2, -0.15) is 0 Å². The zero-order valence-electron chi connectivity index (χ0n) is 10.6. The van der Waals surface area contributed by atoms with Crippen LogP contribution in [0.4, 0.5) is 5.69 Å². The average molecular weight is 403 g/mol. The van der Waals surface area contributed by atoms with Crippen LogP contribution in [0, 0.1) is 3.57 Å². The van der Waals surface area contributed by atoms with E-state index in [4.69, 9.17) is 5.11 Å². The molecule has 0 saturated carbocycles. The lowest BCUT2D eigenvalue weighted by molar-refractivity contribution is 0.299. The van der Waals surface area contributed by atoms with Crippen molar-refractivity contribution in [2.24, 2.45) is 0 Å². The minimum absolute atomic E-state index is 0.0482. The van der Waals surface area contributed by atoms with Crippen molar-refractivity contribution in [2.75, 3.05) is 11.3 Å². The van der Waals surface area contributed by atoms with Crippen molar-refractivity contribution in [3.8, 4) is 0 Å². The van der Waals surface area contributed by atoms with Gasteiger partial charge in [-0.1, -0.05) is 24.3 Å². The highest BCUT2D eigenvalue weighted by Crippen LogP contribution is 2.21. The molecule has 0 amide bonds. The van der Waals surface area contributed by atoms with Crippen LogP contribution < -0.4 is 4.72 Å². The molecule has 2 rings (SSSR count). The number of anilines is 1. The molecule has 6 heteroatoms. The van der Waals surface area contributed by atoms with E-state index in [2.05, 4.69) is 27.3 Å². The van der Waals surface area contributed by atoms with Crippen LogP contribution in [0.25, 0.3) is 0 Å². The fourth-order valence-corrected chi connectivity index (χ4v) is 3.50. The Morgan fingerprint density at radius 3 is 2.30 bits per heavy atom. The normalized spacial score (nSPS) is 11.3. The standard InChI is InChI=1S/C14H14INO3S/c15-13-3-1-2-4-14(13)16-20(18,19)12-7-5-11(6-8-12)9-10-17/h1-8,16-17H,9-10H2. The van der Waals surface area contributed by atoms with Gasteiger partial charge in [-0.3, -0.25) is 4.72 Å². The van der Waals surface area contributed by atoms with E-state index in [0.717, 1.165) is 9.13 Å². The Bertz CT molecular complexity index is 684. The Balaban J connectivity index is 2.24. The highest BCUT2D eigenvalue weighted by Gasteiger charge is 2.15. The molecule has 2 aromatic carbocycles. The van der Waals surface area contributed by atoms with Gasteiger partial charge in [0, 0.05) is 10.2 Å². The molecule has 0 bridgehead atoms. The quantitative estimate of drug-likeness (QED) is 0.755. The van der Waals surface area contributed by atoms with Crippen LogP contribution in [-0.4, -0.2) is 20.1 Å². The van der Waals surface area contributed by atoms with Crippen molar-refractivity contribution in [1.29, 1.82) is 0 Å². The SMILES string of the molecule is O=S(=O)(Nc1ccccc1I)c1ccc(CCO)cc1. The summed E-state index contributed by atoms with van der Waals surface area (Å²) in [6.07, 6.45) is 0.518. The average Bonchev–Trinajstić information content (AvgIpc) is 2.42. The van der Waals surface area contributed by atoms with E-state index in [1.807, 2.05) is 12.1 Å². The largest absolute Gasteiger partial charge is 0.396 e. The maximum Gasteiger partial charge on any atom is 0.261 e. The first-order chi connectivity index (χ1) is 9.53. The second kappa shape index (κ2) is 6.55. The van der Waals surface area contributed by atoms with Gasteiger partial charge in [-0.25, -0.2) is 8.42 Å². The topological polar surface area (TPSA) is 66.4 Å². The molecule has 0 aliphatic heterocycles. The van der Waals surface area contributed by atoms with E-state index in [0.29, 0.717) is 12.1 Å². The fourth-order valence-electron chi connectivity index (χ4n) is 1.71. The van der Waals surface area contributed by atoms with Crippen LogP contribution >= 0.6 is 22.6 Å². The molecule has 0 heterocycles. The molecule has 2 aromatic rings. The number of halogens is 1. The van der Waals surface area contributed by atoms with Gasteiger partial charge >= 0.3 is 0 Å². The van der Waals surface area contributed by atoms with Crippen LogP contribution in [0.15, 0.2) is 53.4 Å².